The lowest BCUT2D eigenvalue weighted by Crippen LogP contribution is -2.37. The summed E-state index contributed by atoms with van der Waals surface area (Å²) in [6, 6.07) is 17.2. The van der Waals surface area contributed by atoms with Gasteiger partial charge in [0.1, 0.15) is 11.5 Å². The fraction of sp³-hybridized carbons (Fsp3) is 0.227. The predicted octanol–water partition coefficient (Wildman–Crippen LogP) is 3.84. The number of ether oxygens (including phenoxy) is 1. The normalized spacial score (nSPS) is 14.8. The van der Waals surface area contributed by atoms with Crippen LogP contribution in [0.2, 0.25) is 0 Å². The van der Waals surface area contributed by atoms with Crippen molar-refractivity contribution < 1.29 is 4.74 Å². The first-order chi connectivity index (χ1) is 13.3. The molecule has 1 aliphatic heterocycles. The number of pyridine rings is 1. The highest BCUT2D eigenvalue weighted by Crippen LogP contribution is 2.29. The number of aromatic nitrogens is 3. The van der Waals surface area contributed by atoms with Gasteiger partial charge in [0, 0.05) is 38.1 Å². The van der Waals surface area contributed by atoms with E-state index < -0.39 is 0 Å². The molecule has 0 spiro atoms. The highest BCUT2D eigenvalue weighted by atomic mass is 16.5. The first-order valence-electron chi connectivity index (χ1n) is 9.31. The molecule has 0 bridgehead atoms. The Bertz CT molecular complexity index is 1070. The second kappa shape index (κ2) is 6.59. The summed E-state index contributed by atoms with van der Waals surface area (Å²) in [5, 5.41) is 0. The van der Waals surface area contributed by atoms with Crippen molar-refractivity contribution in [2.45, 2.75) is 0 Å². The van der Waals surface area contributed by atoms with E-state index in [2.05, 4.69) is 79.8 Å². The SMILES string of the molecule is Cn1ccc(-c2ccc(-c3cnc4cccc(N5CCOCC5)n34)cc2)c1. The largest absolute Gasteiger partial charge is 0.378 e. The standard InChI is InChI=1S/C22H22N4O/c1-24-10-9-19(16-24)17-5-7-18(8-6-17)20-15-23-21-3-2-4-22(26(20)21)25-11-13-27-14-12-25/h2-10,15-16H,11-14H2,1H3. The Kier molecular flexibility index (Phi) is 3.94. The Labute approximate surface area is 158 Å². The molecule has 1 aromatic carbocycles. The van der Waals surface area contributed by atoms with Gasteiger partial charge in [0.15, 0.2) is 0 Å². The molecule has 4 aromatic rings. The van der Waals surface area contributed by atoms with Gasteiger partial charge in [-0.1, -0.05) is 30.3 Å². The van der Waals surface area contributed by atoms with Crippen molar-refractivity contribution in [3.63, 3.8) is 0 Å². The molecule has 5 heteroatoms. The van der Waals surface area contributed by atoms with Crippen LogP contribution < -0.4 is 4.90 Å². The van der Waals surface area contributed by atoms with Crippen LogP contribution in [0.15, 0.2) is 67.1 Å². The second-order valence-electron chi connectivity index (χ2n) is 6.96. The van der Waals surface area contributed by atoms with Crippen LogP contribution in [0.3, 0.4) is 0 Å². The average molecular weight is 358 g/mol. The zero-order valence-electron chi connectivity index (χ0n) is 15.4. The van der Waals surface area contributed by atoms with E-state index in [1.165, 1.54) is 22.5 Å². The van der Waals surface area contributed by atoms with Gasteiger partial charge in [-0.2, -0.15) is 0 Å². The minimum atomic E-state index is 0.770. The summed E-state index contributed by atoms with van der Waals surface area (Å²) in [4.78, 5) is 7.01. The summed E-state index contributed by atoms with van der Waals surface area (Å²) < 4.78 is 9.84. The number of fused-ring (bicyclic) bond motifs is 1. The van der Waals surface area contributed by atoms with Crippen LogP contribution in [0.5, 0.6) is 0 Å². The number of hydrogen-bond acceptors (Lipinski definition) is 3. The van der Waals surface area contributed by atoms with Gasteiger partial charge in [0.2, 0.25) is 0 Å². The minimum Gasteiger partial charge on any atom is -0.378 e. The minimum absolute atomic E-state index is 0.770. The topological polar surface area (TPSA) is 34.7 Å². The van der Waals surface area contributed by atoms with Crippen LogP contribution in [0.1, 0.15) is 0 Å². The molecule has 0 unspecified atom stereocenters. The van der Waals surface area contributed by atoms with Gasteiger partial charge in [-0.25, -0.2) is 4.98 Å². The van der Waals surface area contributed by atoms with Crippen LogP contribution in [0.25, 0.3) is 28.0 Å². The van der Waals surface area contributed by atoms with Crippen LogP contribution in [0, 0.1) is 0 Å². The van der Waals surface area contributed by atoms with Crippen molar-refractivity contribution in [2.75, 3.05) is 31.2 Å². The monoisotopic (exact) mass is 358 g/mol. The summed E-state index contributed by atoms with van der Waals surface area (Å²) in [6.07, 6.45) is 6.18. The fourth-order valence-electron chi connectivity index (χ4n) is 3.77. The smallest absolute Gasteiger partial charge is 0.138 e. The molecule has 0 radical (unpaired) electrons. The van der Waals surface area contributed by atoms with E-state index in [0.29, 0.717) is 0 Å². The van der Waals surface area contributed by atoms with Crippen molar-refractivity contribution in [3.05, 3.63) is 67.1 Å². The summed E-state index contributed by atoms with van der Waals surface area (Å²) >= 11 is 0. The molecule has 136 valence electrons. The molecule has 0 N–H and O–H groups in total. The van der Waals surface area contributed by atoms with E-state index in [1.807, 2.05) is 13.2 Å². The van der Waals surface area contributed by atoms with E-state index in [0.717, 1.165) is 37.6 Å². The van der Waals surface area contributed by atoms with E-state index in [4.69, 9.17) is 4.74 Å². The molecule has 1 aliphatic rings. The molecule has 5 nitrogen and oxygen atoms in total. The quantitative estimate of drug-likeness (QED) is 0.558. The average Bonchev–Trinajstić information content (AvgIpc) is 3.35. The maximum Gasteiger partial charge on any atom is 0.138 e. The maximum absolute atomic E-state index is 5.52. The Morgan fingerprint density at radius 3 is 2.41 bits per heavy atom. The number of rotatable bonds is 3. The van der Waals surface area contributed by atoms with Gasteiger partial charge in [-0.3, -0.25) is 4.40 Å². The number of imidazole rings is 1. The van der Waals surface area contributed by atoms with Crippen molar-refractivity contribution >= 4 is 11.5 Å². The van der Waals surface area contributed by atoms with E-state index in [-0.39, 0.29) is 0 Å². The number of aryl methyl sites for hydroxylation is 1. The van der Waals surface area contributed by atoms with Gasteiger partial charge < -0.3 is 14.2 Å². The van der Waals surface area contributed by atoms with E-state index >= 15 is 0 Å². The lowest BCUT2D eigenvalue weighted by molar-refractivity contribution is 0.122. The predicted molar refractivity (Wildman–Crippen MR) is 108 cm³/mol. The van der Waals surface area contributed by atoms with Crippen molar-refractivity contribution in [1.29, 1.82) is 0 Å². The number of morpholine rings is 1. The summed E-state index contributed by atoms with van der Waals surface area (Å²) in [5.41, 5.74) is 5.72. The molecule has 0 saturated carbocycles. The number of hydrogen-bond donors (Lipinski definition) is 0. The lowest BCUT2D eigenvalue weighted by Gasteiger charge is -2.29. The van der Waals surface area contributed by atoms with E-state index in [9.17, 15) is 0 Å². The summed E-state index contributed by atoms with van der Waals surface area (Å²) in [5.74, 6) is 1.18. The molecule has 1 fully saturated rings. The zero-order chi connectivity index (χ0) is 18.2. The molecule has 1 saturated heterocycles. The molecule has 27 heavy (non-hydrogen) atoms. The number of anilines is 1. The third kappa shape index (κ3) is 2.90. The zero-order valence-corrected chi connectivity index (χ0v) is 15.4. The van der Waals surface area contributed by atoms with Crippen LogP contribution in [0.4, 0.5) is 5.82 Å². The third-order valence-electron chi connectivity index (χ3n) is 5.19. The molecular weight excluding hydrogens is 336 g/mol. The molecular formula is C22H22N4O. The molecule has 0 atom stereocenters. The summed E-state index contributed by atoms with van der Waals surface area (Å²) in [7, 11) is 2.05. The molecule has 0 aliphatic carbocycles. The summed E-state index contributed by atoms with van der Waals surface area (Å²) in [6.45, 7) is 3.35. The van der Waals surface area contributed by atoms with Crippen molar-refractivity contribution in [1.82, 2.24) is 14.0 Å². The Balaban J connectivity index is 1.56. The van der Waals surface area contributed by atoms with Crippen molar-refractivity contribution in [2.24, 2.45) is 7.05 Å². The maximum atomic E-state index is 5.52. The van der Waals surface area contributed by atoms with Crippen LogP contribution in [-0.2, 0) is 11.8 Å². The van der Waals surface area contributed by atoms with Gasteiger partial charge in [-0.05, 0) is 29.3 Å². The van der Waals surface area contributed by atoms with E-state index in [1.54, 1.807) is 0 Å². The molecule has 5 rings (SSSR count). The van der Waals surface area contributed by atoms with Gasteiger partial charge >= 0.3 is 0 Å². The fourth-order valence-corrected chi connectivity index (χ4v) is 3.77. The number of nitrogens with zero attached hydrogens (tertiary/aromatic N) is 4. The van der Waals surface area contributed by atoms with Gasteiger partial charge in [-0.15, -0.1) is 0 Å². The van der Waals surface area contributed by atoms with Crippen molar-refractivity contribution in [3.8, 4) is 22.4 Å². The van der Waals surface area contributed by atoms with Gasteiger partial charge in [0.05, 0.1) is 25.1 Å². The highest BCUT2D eigenvalue weighted by molar-refractivity contribution is 5.71. The first-order valence-corrected chi connectivity index (χ1v) is 9.31. The van der Waals surface area contributed by atoms with Gasteiger partial charge in [0.25, 0.3) is 0 Å². The molecule has 0 amide bonds. The lowest BCUT2D eigenvalue weighted by atomic mass is 10.1. The Morgan fingerprint density at radius 1 is 0.889 bits per heavy atom. The second-order valence-corrected chi connectivity index (χ2v) is 6.96. The molecule has 4 heterocycles. The van der Waals surface area contributed by atoms with Crippen LogP contribution in [-0.4, -0.2) is 40.3 Å². The first kappa shape index (κ1) is 16.1. The van der Waals surface area contributed by atoms with Crippen LogP contribution >= 0.6 is 0 Å². The highest BCUT2D eigenvalue weighted by Gasteiger charge is 2.17. The Hall–Kier alpha value is -3.05. The molecule has 3 aromatic heterocycles. The Morgan fingerprint density at radius 2 is 1.67 bits per heavy atom. The third-order valence-corrected chi connectivity index (χ3v) is 5.19. The number of benzene rings is 1.